The van der Waals surface area contributed by atoms with Crippen LogP contribution in [0, 0.1) is 11.8 Å². The molecule has 162 valence electrons. The standard InChI is InChI=1S/C22H34N2O4S/c1-6-8-9-16(7-2)13-28-22(27)19-17-10-11-24(15(5)25)12-18(17)29-21(19)23-20(26)14(3)4/h14,16H,6-13H2,1-5H3,(H,23,26). The summed E-state index contributed by atoms with van der Waals surface area (Å²) in [4.78, 5) is 39.8. The van der Waals surface area contributed by atoms with E-state index in [1.165, 1.54) is 11.3 Å². The molecular weight excluding hydrogens is 388 g/mol. The summed E-state index contributed by atoms with van der Waals surface area (Å²) in [6.07, 6.45) is 4.87. The third-order valence-corrected chi connectivity index (χ3v) is 6.59. The average Bonchev–Trinajstić information content (AvgIpc) is 3.04. The second-order valence-electron chi connectivity index (χ2n) is 8.06. The molecule has 0 spiro atoms. The quantitative estimate of drug-likeness (QED) is 0.589. The molecular formula is C22H34N2O4S. The summed E-state index contributed by atoms with van der Waals surface area (Å²) in [5, 5.41) is 3.45. The van der Waals surface area contributed by atoms with Crippen molar-refractivity contribution in [3.05, 3.63) is 16.0 Å². The number of unbranched alkanes of at least 4 members (excludes halogenated alkanes) is 1. The molecule has 1 aliphatic heterocycles. The number of anilines is 1. The highest BCUT2D eigenvalue weighted by Crippen LogP contribution is 2.38. The van der Waals surface area contributed by atoms with Crippen LogP contribution in [0.25, 0.3) is 0 Å². The number of fused-ring (bicyclic) bond motifs is 1. The summed E-state index contributed by atoms with van der Waals surface area (Å²) in [6, 6.07) is 0. The maximum atomic E-state index is 13.0. The molecule has 0 saturated carbocycles. The number of carbonyl (C=O) groups excluding carboxylic acids is 3. The van der Waals surface area contributed by atoms with E-state index in [4.69, 9.17) is 4.74 Å². The number of amides is 2. The summed E-state index contributed by atoms with van der Waals surface area (Å²) < 4.78 is 5.70. The molecule has 0 saturated heterocycles. The zero-order valence-corrected chi connectivity index (χ0v) is 19.1. The fraction of sp³-hybridized carbons (Fsp3) is 0.682. The topological polar surface area (TPSA) is 75.7 Å². The number of nitrogens with zero attached hydrogens (tertiary/aromatic N) is 1. The Kier molecular flexibility index (Phi) is 8.68. The van der Waals surface area contributed by atoms with Crippen molar-refractivity contribution in [1.29, 1.82) is 0 Å². The molecule has 1 unspecified atom stereocenters. The molecule has 1 aromatic heterocycles. The van der Waals surface area contributed by atoms with Gasteiger partial charge in [0.05, 0.1) is 18.7 Å². The second kappa shape index (κ2) is 10.8. The molecule has 1 aliphatic rings. The first-order valence-corrected chi connectivity index (χ1v) is 11.5. The van der Waals surface area contributed by atoms with Crippen LogP contribution in [-0.4, -0.2) is 35.8 Å². The average molecular weight is 423 g/mol. The Labute approximate surface area is 178 Å². The number of hydrogen-bond acceptors (Lipinski definition) is 5. The van der Waals surface area contributed by atoms with Gasteiger partial charge in [0.2, 0.25) is 11.8 Å². The van der Waals surface area contributed by atoms with Crippen molar-refractivity contribution in [2.45, 2.75) is 73.3 Å². The van der Waals surface area contributed by atoms with E-state index in [0.29, 0.717) is 42.6 Å². The van der Waals surface area contributed by atoms with Crippen LogP contribution in [0.2, 0.25) is 0 Å². The molecule has 0 bridgehead atoms. The molecule has 1 aromatic rings. The maximum absolute atomic E-state index is 13.0. The Morgan fingerprint density at radius 1 is 1.24 bits per heavy atom. The van der Waals surface area contributed by atoms with Crippen molar-refractivity contribution in [1.82, 2.24) is 4.90 Å². The van der Waals surface area contributed by atoms with Gasteiger partial charge in [-0.3, -0.25) is 9.59 Å². The van der Waals surface area contributed by atoms with Crippen LogP contribution < -0.4 is 5.32 Å². The highest BCUT2D eigenvalue weighted by molar-refractivity contribution is 7.17. The molecule has 2 amide bonds. The van der Waals surface area contributed by atoms with Crippen molar-refractivity contribution >= 4 is 34.1 Å². The minimum Gasteiger partial charge on any atom is -0.462 e. The highest BCUT2D eigenvalue weighted by Gasteiger charge is 2.30. The Hall–Kier alpha value is -1.89. The van der Waals surface area contributed by atoms with E-state index in [9.17, 15) is 14.4 Å². The molecule has 0 aliphatic carbocycles. The molecule has 29 heavy (non-hydrogen) atoms. The largest absolute Gasteiger partial charge is 0.462 e. The first kappa shape index (κ1) is 23.4. The zero-order valence-electron chi connectivity index (χ0n) is 18.3. The summed E-state index contributed by atoms with van der Waals surface area (Å²) in [5.74, 6) is -0.314. The SMILES string of the molecule is CCCCC(CC)COC(=O)c1c(NC(=O)C(C)C)sc2c1CCN(C(C)=O)C2. The lowest BCUT2D eigenvalue weighted by molar-refractivity contribution is -0.129. The lowest BCUT2D eigenvalue weighted by Crippen LogP contribution is -2.34. The van der Waals surface area contributed by atoms with E-state index in [1.54, 1.807) is 11.8 Å². The van der Waals surface area contributed by atoms with Crippen molar-refractivity contribution in [2.24, 2.45) is 11.8 Å². The third kappa shape index (κ3) is 6.04. The third-order valence-electron chi connectivity index (χ3n) is 5.46. The Morgan fingerprint density at radius 2 is 1.97 bits per heavy atom. The summed E-state index contributed by atoms with van der Waals surface area (Å²) >= 11 is 1.38. The zero-order chi connectivity index (χ0) is 21.6. The van der Waals surface area contributed by atoms with E-state index in [-0.39, 0.29) is 23.7 Å². The van der Waals surface area contributed by atoms with Gasteiger partial charge in [-0.1, -0.05) is 47.0 Å². The van der Waals surface area contributed by atoms with Gasteiger partial charge in [-0.05, 0) is 24.3 Å². The molecule has 0 aromatic carbocycles. The Morgan fingerprint density at radius 3 is 2.55 bits per heavy atom. The second-order valence-corrected chi connectivity index (χ2v) is 9.16. The molecule has 7 heteroatoms. The first-order chi connectivity index (χ1) is 13.8. The van der Waals surface area contributed by atoms with Crippen LogP contribution >= 0.6 is 11.3 Å². The van der Waals surface area contributed by atoms with E-state index >= 15 is 0 Å². The lowest BCUT2D eigenvalue weighted by atomic mass is 10.00. The van der Waals surface area contributed by atoms with Crippen LogP contribution in [0.1, 0.15) is 81.1 Å². The van der Waals surface area contributed by atoms with Crippen molar-refractivity contribution in [3.8, 4) is 0 Å². The van der Waals surface area contributed by atoms with Crippen LogP contribution in [0.5, 0.6) is 0 Å². The predicted molar refractivity (Wildman–Crippen MR) is 116 cm³/mol. The van der Waals surface area contributed by atoms with Gasteiger partial charge in [-0.2, -0.15) is 0 Å². The number of nitrogens with one attached hydrogen (secondary N) is 1. The van der Waals surface area contributed by atoms with Crippen molar-refractivity contribution in [2.75, 3.05) is 18.5 Å². The number of carbonyl (C=O) groups is 3. The molecule has 6 nitrogen and oxygen atoms in total. The van der Waals surface area contributed by atoms with Crippen LogP contribution in [-0.2, 0) is 27.3 Å². The summed E-state index contributed by atoms with van der Waals surface area (Å²) in [7, 11) is 0. The monoisotopic (exact) mass is 422 g/mol. The minimum atomic E-state index is -0.368. The minimum absolute atomic E-state index is 0.0163. The van der Waals surface area contributed by atoms with Gasteiger partial charge >= 0.3 is 5.97 Å². The number of esters is 1. The lowest BCUT2D eigenvalue weighted by Gasteiger charge is -2.26. The van der Waals surface area contributed by atoms with Gasteiger partial charge < -0.3 is 15.0 Å². The Balaban J connectivity index is 2.24. The van der Waals surface area contributed by atoms with Gasteiger partial charge in [-0.25, -0.2) is 4.79 Å². The van der Waals surface area contributed by atoms with E-state index in [2.05, 4.69) is 19.2 Å². The van der Waals surface area contributed by atoms with E-state index < -0.39 is 0 Å². The predicted octanol–water partition coefficient (Wildman–Crippen LogP) is 4.62. The Bertz CT molecular complexity index is 741. The maximum Gasteiger partial charge on any atom is 0.341 e. The molecule has 0 fully saturated rings. The highest BCUT2D eigenvalue weighted by atomic mass is 32.1. The van der Waals surface area contributed by atoms with Crippen LogP contribution in [0.3, 0.4) is 0 Å². The number of thiophene rings is 1. The normalized spacial score (nSPS) is 14.5. The number of rotatable bonds is 9. The summed E-state index contributed by atoms with van der Waals surface area (Å²) in [5.41, 5.74) is 1.39. The van der Waals surface area contributed by atoms with Crippen LogP contribution in [0.15, 0.2) is 0 Å². The van der Waals surface area contributed by atoms with E-state index in [1.807, 2.05) is 13.8 Å². The van der Waals surface area contributed by atoms with Crippen molar-refractivity contribution < 1.29 is 19.1 Å². The number of ether oxygens (including phenoxy) is 1. The fourth-order valence-corrected chi connectivity index (χ4v) is 4.65. The molecule has 0 radical (unpaired) electrons. The number of hydrogen-bond donors (Lipinski definition) is 1. The smallest absolute Gasteiger partial charge is 0.341 e. The van der Waals surface area contributed by atoms with Gasteiger partial charge in [0.15, 0.2) is 0 Å². The summed E-state index contributed by atoms with van der Waals surface area (Å²) in [6.45, 7) is 10.9. The first-order valence-electron chi connectivity index (χ1n) is 10.7. The van der Waals surface area contributed by atoms with Gasteiger partial charge in [0, 0.05) is 24.3 Å². The van der Waals surface area contributed by atoms with Gasteiger partial charge in [0.25, 0.3) is 0 Å². The fourth-order valence-electron chi connectivity index (χ4n) is 3.40. The van der Waals surface area contributed by atoms with Gasteiger partial charge in [-0.15, -0.1) is 11.3 Å². The van der Waals surface area contributed by atoms with Gasteiger partial charge in [0.1, 0.15) is 5.00 Å². The van der Waals surface area contributed by atoms with Crippen LogP contribution in [0.4, 0.5) is 5.00 Å². The van der Waals surface area contributed by atoms with Crippen molar-refractivity contribution in [3.63, 3.8) is 0 Å². The molecule has 2 rings (SSSR count). The molecule has 1 atom stereocenters. The molecule has 2 heterocycles. The van der Waals surface area contributed by atoms with E-state index in [0.717, 1.165) is 36.1 Å². The molecule has 1 N–H and O–H groups in total.